The Labute approximate surface area is 250 Å². The first kappa shape index (κ1) is 34.2. The minimum atomic E-state index is -1.53. The van der Waals surface area contributed by atoms with E-state index in [0.717, 1.165) is 47.9 Å². The Morgan fingerprint density at radius 3 is 1.00 bits per heavy atom. The molecule has 0 unspecified atom stereocenters. The lowest BCUT2D eigenvalue weighted by molar-refractivity contribution is 0.449. The van der Waals surface area contributed by atoms with Gasteiger partial charge in [0, 0.05) is 9.79 Å². The van der Waals surface area contributed by atoms with Crippen molar-refractivity contribution in [1.82, 2.24) is 0 Å². The van der Waals surface area contributed by atoms with E-state index in [4.69, 9.17) is 0 Å². The van der Waals surface area contributed by atoms with Crippen LogP contribution in [0.4, 0.5) is 0 Å². The maximum Gasteiger partial charge on any atom is 0.122 e. The summed E-state index contributed by atoms with van der Waals surface area (Å²) in [6.07, 6.45) is 3.68. The Bertz CT molecular complexity index is 900. The van der Waals surface area contributed by atoms with Crippen molar-refractivity contribution in [3.8, 4) is 11.5 Å². The number of phenols is 2. The molecule has 0 aliphatic heterocycles. The molecule has 2 aromatic rings. The fourth-order valence-electron chi connectivity index (χ4n) is 5.18. The quantitative estimate of drug-likeness (QED) is 0.151. The fraction of sp³-hybridized carbons (Fsp3) is 0.647. The molecule has 0 saturated heterocycles. The first-order chi connectivity index (χ1) is 18.3. The predicted octanol–water partition coefficient (Wildman–Crippen LogP) is 10.3. The highest BCUT2D eigenvalue weighted by Gasteiger charge is 2.30. The second kappa shape index (κ2) is 15.8. The molecule has 2 nitrogen and oxygen atoms in total. The number of phenolic OH excluding ortho intramolecular Hbond substituents is 2. The molecule has 39 heavy (non-hydrogen) atoms. The highest BCUT2D eigenvalue weighted by Crippen LogP contribution is 2.38. The van der Waals surface area contributed by atoms with Crippen LogP contribution in [0.1, 0.15) is 91.5 Å². The molecule has 2 N–H and O–H groups in total. The molecule has 0 bridgehead atoms. The zero-order valence-electron chi connectivity index (χ0n) is 26.5. The predicted molar refractivity (Wildman–Crippen MR) is 179 cm³/mol. The normalized spacial score (nSPS) is 12.5. The molecule has 0 aromatic heterocycles. The minimum Gasteiger partial charge on any atom is -0.507 e. The summed E-state index contributed by atoms with van der Waals surface area (Å²) in [5.74, 6) is 3.12. The summed E-state index contributed by atoms with van der Waals surface area (Å²) in [6.45, 7) is 22.6. The first-order valence-electron chi connectivity index (χ1n) is 15.2. The molecule has 220 valence electrons. The van der Waals surface area contributed by atoms with Crippen molar-refractivity contribution in [2.24, 2.45) is 23.7 Å². The van der Waals surface area contributed by atoms with Crippen molar-refractivity contribution < 1.29 is 10.2 Å². The highest BCUT2D eigenvalue weighted by molar-refractivity contribution is 8.03. The van der Waals surface area contributed by atoms with Crippen LogP contribution in [0.15, 0.2) is 34.1 Å². The van der Waals surface area contributed by atoms with Crippen molar-refractivity contribution in [3.05, 3.63) is 46.5 Å². The van der Waals surface area contributed by atoms with Crippen molar-refractivity contribution in [2.75, 3.05) is 10.8 Å². The van der Waals surface area contributed by atoms with Gasteiger partial charge in [0.1, 0.15) is 11.5 Å². The topological polar surface area (TPSA) is 40.5 Å². The molecule has 0 heterocycles. The van der Waals surface area contributed by atoms with E-state index in [0.29, 0.717) is 35.2 Å². The van der Waals surface area contributed by atoms with Gasteiger partial charge < -0.3 is 10.2 Å². The van der Waals surface area contributed by atoms with Gasteiger partial charge in [-0.15, -0.1) is 23.5 Å². The van der Waals surface area contributed by atoms with E-state index in [1.807, 2.05) is 23.5 Å². The van der Waals surface area contributed by atoms with Gasteiger partial charge in [-0.3, -0.25) is 0 Å². The molecule has 2 rings (SSSR count). The van der Waals surface area contributed by atoms with Crippen LogP contribution in [0.2, 0.25) is 12.1 Å². The molecule has 0 amide bonds. The largest absolute Gasteiger partial charge is 0.507 e. The van der Waals surface area contributed by atoms with Crippen LogP contribution in [0, 0.1) is 23.7 Å². The van der Waals surface area contributed by atoms with E-state index < -0.39 is 8.07 Å². The zero-order chi connectivity index (χ0) is 29.3. The van der Waals surface area contributed by atoms with Crippen molar-refractivity contribution in [2.45, 2.75) is 117 Å². The molecular weight excluding hydrogens is 533 g/mol. The first-order valence-corrected chi connectivity index (χ1v) is 20.0. The Kier molecular flexibility index (Phi) is 13.9. The third-order valence-corrected chi connectivity index (χ3v) is 17.8. The maximum absolute atomic E-state index is 11.0. The molecule has 0 aliphatic rings. The van der Waals surface area contributed by atoms with E-state index in [-0.39, 0.29) is 0 Å². The van der Waals surface area contributed by atoms with E-state index in [9.17, 15) is 10.2 Å². The average Bonchev–Trinajstić information content (AvgIpc) is 2.84. The SMILES string of the molecule is CC[Si](CC)(CSc1cc(CC(C)C)c(O)c(CC(C)C)c1)CSc1cc(CC(C)C)c(O)c(CC(C)C)c1. The average molecular weight is 589 g/mol. The van der Waals surface area contributed by atoms with Crippen LogP contribution in [0.3, 0.4) is 0 Å². The monoisotopic (exact) mass is 588 g/mol. The number of hydrogen-bond acceptors (Lipinski definition) is 4. The van der Waals surface area contributed by atoms with E-state index in [2.05, 4.69) is 93.5 Å². The van der Waals surface area contributed by atoms with Gasteiger partial charge in [-0.2, -0.15) is 0 Å². The summed E-state index contributed by atoms with van der Waals surface area (Å²) in [5.41, 5.74) is 4.44. The van der Waals surface area contributed by atoms with Crippen molar-refractivity contribution in [3.63, 3.8) is 0 Å². The van der Waals surface area contributed by atoms with Crippen molar-refractivity contribution in [1.29, 1.82) is 0 Å². The second-order valence-electron chi connectivity index (χ2n) is 13.4. The van der Waals surface area contributed by atoms with Gasteiger partial charge in [-0.05, 0) is 107 Å². The summed E-state index contributed by atoms with van der Waals surface area (Å²) in [4.78, 5) is 2.65. The van der Waals surface area contributed by atoms with Gasteiger partial charge in [-0.1, -0.05) is 81.3 Å². The summed E-state index contributed by atoms with van der Waals surface area (Å²) < 4.78 is 0. The van der Waals surface area contributed by atoms with Gasteiger partial charge in [0.25, 0.3) is 0 Å². The Morgan fingerprint density at radius 2 is 0.795 bits per heavy atom. The molecule has 0 aliphatic carbocycles. The molecule has 2 aromatic carbocycles. The van der Waals surface area contributed by atoms with Crippen molar-refractivity contribution >= 4 is 31.6 Å². The third-order valence-electron chi connectivity index (χ3n) is 7.59. The molecule has 0 saturated carbocycles. The Hall–Kier alpha value is -1.04. The van der Waals surface area contributed by atoms with Gasteiger partial charge >= 0.3 is 0 Å². The van der Waals surface area contributed by atoms with Gasteiger partial charge in [0.05, 0.1) is 8.07 Å². The van der Waals surface area contributed by atoms with Gasteiger partial charge in [0.15, 0.2) is 0 Å². The lowest BCUT2D eigenvalue weighted by atomic mass is 9.95. The Balaban J connectivity index is 2.29. The third kappa shape index (κ3) is 10.7. The van der Waals surface area contributed by atoms with Crippen LogP contribution in [-0.2, 0) is 25.7 Å². The van der Waals surface area contributed by atoms with Crippen LogP contribution in [0.5, 0.6) is 11.5 Å². The molecular formula is C34H56O2S2Si. The number of rotatable bonds is 16. The maximum atomic E-state index is 11.0. The van der Waals surface area contributed by atoms with Crippen LogP contribution >= 0.6 is 23.5 Å². The lowest BCUT2D eigenvalue weighted by Crippen LogP contribution is -2.39. The minimum absolute atomic E-state index is 0.519. The van der Waals surface area contributed by atoms with Crippen LogP contribution in [-0.4, -0.2) is 29.0 Å². The number of benzene rings is 2. The van der Waals surface area contributed by atoms with Gasteiger partial charge in [-0.25, -0.2) is 0 Å². The smallest absolute Gasteiger partial charge is 0.122 e. The highest BCUT2D eigenvalue weighted by atomic mass is 32.2. The molecule has 0 atom stereocenters. The van der Waals surface area contributed by atoms with Crippen LogP contribution in [0.25, 0.3) is 0 Å². The summed E-state index contributed by atoms with van der Waals surface area (Å²) in [6, 6.07) is 11.6. The summed E-state index contributed by atoms with van der Waals surface area (Å²) in [7, 11) is -1.53. The summed E-state index contributed by atoms with van der Waals surface area (Å²) >= 11 is 4.05. The lowest BCUT2D eigenvalue weighted by Gasteiger charge is -2.29. The zero-order valence-corrected chi connectivity index (χ0v) is 29.1. The Morgan fingerprint density at radius 1 is 0.538 bits per heavy atom. The number of hydrogen-bond donors (Lipinski definition) is 2. The standard InChI is InChI=1S/C34H56O2S2Si/c1-11-39(12-2,21-37-31-17-27(13-23(3)4)33(35)28(18-31)14-24(5)6)22-38-32-19-29(15-25(7)8)34(36)30(20-32)16-26(9)10/h17-20,23-26,35-36H,11-16,21-22H2,1-10H3. The second-order valence-corrected chi connectivity index (χ2v) is 21.6. The van der Waals surface area contributed by atoms with Gasteiger partial charge in [0.2, 0.25) is 0 Å². The number of thioether (sulfide) groups is 2. The molecule has 0 spiro atoms. The fourth-order valence-corrected chi connectivity index (χ4v) is 14.7. The van der Waals surface area contributed by atoms with E-state index in [1.165, 1.54) is 32.6 Å². The number of aromatic hydroxyl groups is 2. The van der Waals surface area contributed by atoms with E-state index >= 15 is 0 Å². The molecule has 0 fully saturated rings. The van der Waals surface area contributed by atoms with Crippen LogP contribution < -0.4 is 0 Å². The molecule has 0 radical (unpaired) electrons. The molecule has 5 heteroatoms. The van der Waals surface area contributed by atoms with E-state index in [1.54, 1.807) is 0 Å². The summed E-state index contributed by atoms with van der Waals surface area (Å²) in [5, 5.41) is 24.4.